The Kier molecular flexibility index (Phi) is 7.62. The summed E-state index contributed by atoms with van der Waals surface area (Å²) >= 11 is 0. The molecule has 0 heterocycles. The first-order valence-corrected chi connectivity index (χ1v) is 6.15. The van der Waals surface area contributed by atoms with Crippen molar-refractivity contribution in [2.75, 3.05) is 40.6 Å². The van der Waals surface area contributed by atoms with Gasteiger partial charge in [-0.05, 0) is 12.1 Å². The molecule has 0 radical (unpaired) electrons. The van der Waals surface area contributed by atoms with E-state index < -0.39 is 0 Å². The van der Waals surface area contributed by atoms with Crippen LogP contribution in [0.2, 0.25) is 0 Å². The van der Waals surface area contributed by atoms with Crippen molar-refractivity contribution in [2.24, 2.45) is 0 Å². The van der Waals surface area contributed by atoms with E-state index in [4.69, 9.17) is 18.9 Å². The van der Waals surface area contributed by atoms with Gasteiger partial charge in [-0.3, -0.25) is 4.79 Å². The zero-order valence-corrected chi connectivity index (χ0v) is 11.4. The topological polar surface area (TPSA) is 54.0 Å². The first-order valence-electron chi connectivity index (χ1n) is 6.15. The number of hydrogen-bond acceptors (Lipinski definition) is 5. The van der Waals surface area contributed by atoms with Crippen LogP contribution in [0.15, 0.2) is 18.2 Å². The number of carbonyl (C=O) groups is 1. The normalized spacial score (nSPS) is 10.2. The lowest BCUT2D eigenvalue weighted by Gasteiger charge is -2.12. The summed E-state index contributed by atoms with van der Waals surface area (Å²) in [5, 5.41) is 0. The third-order valence-electron chi connectivity index (χ3n) is 2.47. The lowest BCUT2D eigenvalue weighted by molar-refractivity contribution is 0.0642. The van der Waals surface area contributed by atoms with Gasteiger partial charge in [0.1, 0.15) is 0 Å². The molecule has 0 aliphatic rings. The van der Waals surface area contributed by atoms with Gasteiger partial charge in [0.05, 0.1) is 32.5 Å². The number of carbonyl (C=O) groups excluding carboxylic acids is 1. The molecule has 0 aliphatic heterocycles. The number of hydrogen-bond donors (Lipinski definition) is 0. The second-order valence-corrected chi connectivity index (χ2v) is 3.80. The van der Waals surface area contributed by atoms with Gasteiger partial charge in [0.25, 0.3) is 0 Å². The molecule has 1 aromatic rings. The average Bonchev–Trinajstić information content (AvgIpc) is 2.46. The van der Waals surface area contributed by atoms with Gasteiger partial charge >= 0.3 is 0 Å². The number of aldehydes is 1. The molecule has 106 valence electrons. The average molecular weight is 268 g/mol. The molecule has 0 spiro atoms. The molecule has 0 saturated heterocycles. The zero-order valence-electron chi connectivity index (χ0n) is 11.4. The van der Waals surface area contributed by atoms with Crippen molar-refractivity contribution in [2.45, 2.75) is 6.42 Å². The van der Waals surface area contributed by atoms with Crippen molar-refractivity contribution in [3.63, 3.8) is 0 Å². The third-order valence-corrected chi connectivity index (χ3v) is 2.47. The van der Waals surface area contributed by atoms with E-state index in [-0.39, 0.29) is 0 Å². The van der Waals surface area contributed by atoms with Gasteiger partial charge in [-0.2, -0.15) is 0 Å². The minimum Gasteiger partial charge on any atom is -0.493 e. The second kappa shape index (κ2) is 9.35. The fraction of sp³-hybridized carbons (Fsp3) is 0.500. The smallest absolute Gasteiger partial charge is 0.171 e. The van der Waals surface area contributed by atoms with Crippen molar-refractivity contribution in [3.8, 4) is 11.5 Å². The molecule has 0 fully saturated rings. The molecule has 0 N–H and O–H groups in total. The van der Waals surface area contributed by atoms with Gasteiger partial charge in [0.15, 0.2) is 17.8 Å². The predicted molar refractivity (Wildman–Crippen MR) is 71.2 cm³/mol. The molecule has 0 aliphatic carbocycles. The molecule has 0 unspecified atom stereocenters. The summed E-state index contributed by atoms with van der Waals surface area (Å²) in [6.45, 7) is 2.22. The maximum Gasteiger partial charge on any atom is 0.171 e. The van der Waals surface area contributed by atoms with Crippen LogP contribution in [-0.4, -0.2) is 46.9 Å². The van der Waals surface area contributed by atoms with E-state index in [2.05, 4.69) is 0 Å². The minimum absolute atomic E-state index is 0.466. The van der Waals surface area contributed by atoms with Crippen LogP contribution in [0, 0.1) is 0 Å². The highest BCUT2D eigenvalue weighted by molar-refractivity contribution is 5.81. The van der Waals surface area contributed by atoms with Crippen molar-refractivity contribution in [3.05, 3.63) is 23.8 Å². The van der Waals surface area contributed by atoms with Gasteiger partial charge in [0, 0.05) is 20.1 Å². The maximum absolute atomic E-state index is 10.9. The van der Waals surface area contributed by atoms with E-state index in [0.717, 1.165) is 12.7 Å². The highest BCUT2D eigenvalue weighted by Gasteiger charge is 2.09. The monoisotopic (exact) mass is 268 g/mol. The molecule has 5 heteroatoms. The molecule has 0 amide bonds. The summed E-state index contributed by atoms with van der Waals surface area (Å²) in [6.07, 6.45) is 1.49. The Labute approximate surface area is 113 Å². The number of rotatable bonds is 10. The predicted octanol–water partition coefficient (Wildman–Crippen LogP) is 1.94. The number of methoxy groups -OCH3 is 2. The third kappa shape index (κ3) is 5.28. The molecule has 0 atom stereocenters. The minimum atomic E-state index is 0.466. The standard InChI is InChI=1S/C14H20O5/c1-16-9-10-18-7-4-8-19-14-12(11-15)5-3-6-13(14)17-2/h3,5-6,11H,4,7-10H2,1-2H3. The summed E-state index contributed by atoms with van der Waals surface area (Å²) in [5.41, 5.74) is 0.486. The van der Waals surface area contributed by atoms with Gasteiger partial charge in [-0.15, -0.1) is 0 Å². The molecular weight excluding hydrogens is 248 g/mol. The first-order chi connectivity index (χ1) is 9.33. The zero-order chi connectivity index (χ0) is 13.9. The summed E-state index contributed by atoms with van der Waals surface area (Å²) in [6, 6.07) is 5.21. The van der Waals surface area contributed by atoms with E-state index in [1.165, 1.54) is 0 Å². The fourth-order valence-electron chi connectivity index (χ4n) is 1.52. The molecule has 5 nitrogen and oxygen atoms in total. The number of para-hydroxylation sites is 1. The van der Waals surface area contributed by atoms with Gasteiger partial charge in [-0.1, -0.05) is 6.07 Å². The van der Waals surface area contributed by atoms with Crippen LogP contribution in [-0.2, 0) is 9.47 Å². The Hall–Kier alpha value is -1.59. The fourth-order valence-corrected chi connectivity index (χ4v) is 1.52. The Morgan fingerprint density at radius 3 is 2.63 bits per heavy atom. The van der Waals surface area contributed by atoms with Crippen LogP contribution in [0.1, 0.15) is 16.8 Å². The second-order valence-electron chi connectivity index (χ2n) is 3.80. The van der Waals surface area contributed by atoms with Gasteiger partial charge in [0.2, 0.25) is 0 Å². The summed E-state index contributed by atoms with van der Waals surface area (Å²) in [7, 11) is 3.18. The SMILES string of the molecule is COCCOCCCOc1c(C=O)cccc1OC. The molecule has 1 aromatic carbocycles. The lowest BCUT2D eigenvalue weighted by Crippen LogP contribution is -2.08. The first kappa shape index (κ1) is 15.5. The summed E-state index contributed by atoms with van der Waals surface area (Å²) in [4.78, 5) is 10.9. The van der Waals surface area contributed by atoms with Crippen molar-refractivity contribution in [1.29, 1.82) is 0 Å². The van der Waals surface area contributed by atoms with Gasteiger partial charge < -0.3 is 18.9 Å². The van der Waals surface area contributed by atoms with Crippen LogP contribution < -0.4 is 9.47 Å². The molecule has 0 aromatic heterocycles. The Bertz CT molecular complexity index is 378. The van der Waals surface area contributed by atoms with E-state index in [1.54, 1.807) is 32.4 Å². The van der Waals surface area contributed by atoms with E-state index in [0.29, 0.717) is 43.5 Å². The van der Waals surface area contributed by atoms with E-state index in [1.807, 2.05) is 0 Å². The van der Waals surface area contributed by atoms with Crippen LogP contribution in [0.4, 0.5) is 0 Å². The quantitative estimate of drug-likeness (QED) is 0.479. The van der Waals surface area contributed by atoms with Crippen LogP contribution in [0.3, 0.4) is 0 Å². The number of ether oxygens (including phenoxy) is 4. The molecule has 0 saturated carbocycles. The van der Waals surface area contributed by atoms with Crippen LogP contribution >= 0.6 is 0 Å². The van der Waals surface area contributed by atoms with Crippen molar-refractivity contribution < 1.29 is 23.7 Å². The Morgan fingerprint density at radius 2 is 1.95 bits per heavy atom. The van der Waals surface area contributed by atoms with Crippen molar-refractivity contribution in [1.82, 2.24) is 0 Å². The summed E-state index contributed by atoms with van der Waals surface area (Å²) in [5.74, 6) is 1.04. The molecule has 19 heavy (non-hydrogen) atoms. The molecule has 1 rings (SSSR count). The van der Waals surface area contributed by atoms with Crippen LogP contribution in [0.25, 0.3) is 0 Å². The highest BCUT2D eigenvalue weighted by Crippen LogP contribution is 2.29. The van der Waals surface area contributed by atoms with E-state index in [9.17, 15) is 4.79 Å². The number of benzene rings is 1. The molecule has 0 bridgehead atoms. The Morgan fingerprint density at radius 1 is 1.11 bits per heavy atom. The lowest BCUT2D eigenvalue weighted by atomic mass is 10.2. The van der Waals surface area contributed by atoms with Gasteiger partial charge in [-0.25, -0.2) is 0 Å². The Balaban J connectivity index is 2.38. The largest absolute Gasteiger partial charge is 0.493 e. The highest BCUT2D eigenvalue weighted by atomic mass is 16.5. The van der Waals surface area contributed by atoms with Crippen LogP contribution in [0.5, 0.6) is 11.5 Å². The van der Waals surface area contributed by atoms with E-state index >= 15 is 0 Å². The molecular formula is C14H20O5. The maximum atomic E-state index is 10.9. The summed E-state index contributed by atoms with van der Waals surface area (Å²) < 4.78 is 20.9. The van der Waals surface area contributed by atoms with Crippen molar-refractivity contribution >= 4 is 6.29 Å².